The first-order valence-electron chi connectivity index (χ1n) is 8.69. The first-order valence-corrected chi connectivity index (χ1v) is 11.1. The van der Waals surface area contributed by atoms with Crippen LogP contribution >= 0.6 is 0 Å². The molecular formula is C20H26Na2O8S2. The maximum atomic E-state index is 10.7. The zero-order valence-electron chi connectivity index (χ0n) is 20.2. The van der Waals surface area contributed by atoms with E-state index in [0.717, 1.165) is 18.1 Å². The molecule has 168 valence electrons. The molecule has 2 aromatic rings. The molecule has 0 aliphatic heterocycles. The summed E-state index contributed by atoms with van der Waals surface area (Å²) in [5.74, 6) is 0.218. The van der Waals surface area contributed by atoms with Gasteiger partial charge in [-0.2, -0.15) is 0 Å². The predicted octanol–water partition coefficient (Wildman–Crippen LogP) is -3.97. The molecule has 0 saturated carbocycles. The molecule has 0 amide bonds. The molecule has 0 aromatic heterocycles. The minimum atomic E-state index is -4.71. The van der Waals surface area contributed by atoms with Crippen molar-refractivity contribution >= 4 is 26.5 Å². The third-order valence-corrected chi connectivity index (χ3v) is 4.91. The molecule has 0 spiro atoms. The van der Waals surface area contributed by atoms with Gasteiger partial charge in [-0.15, -0.1) is 12.6 Å². The van der Waals surface area contributed by atoms with Gasteiger partial charge in [-0.3, -0.25) is 4.79 Å². The van der Waals surface area contributed by atoms with Crippen molar-refractivity contribution in [2.45, 2.75) is 45.5 Å². The van der Waals surface area contributed by atoms with Crippen molar-refractivity contribution in [2.75, 3.05) is 0 Å². The molecule has 0 bridgehead atoms. The van der Waals surface area contributed by atoms with E-state index in [4.69, 9.17) is 12.6 Å². The van der Waals surface area contributed by atoms with Crippen LogP contribution < -0.4 is 59.1 Å². The molecule has 2 rings (SSSR count). The summed E-state index contributed by atoms with van der Waals surface area (Å²) in [5.41, 5.74) is 3.90. The fraction of sp³-hybridized carbons (Fsp3) is 0.350. The van der Waals surface area contributed by atoms with E-state index in [-0.39, 0.29) is 72.7 Å². The van der Waals surface area contributed by atoms with Gasteiger partial charge in [0.15, 0.2) is 4.93 Å². The molecule has 1 N–H and O–H groups in total. The molecule has 32 heavy (non-hydrogen) atoms. The number of aliphatic hydroxyl groups is 1. The minimum absolute atomic E-state index is 0. The average molecular weight is 505 g/mol. The fourth-order valence-electron chi connectivity index (χ4n) is 2.40. The van der Waals surface area contributed by atoms with Gasteiger partial charge in [0.05, 0.1) is 0 Å². The molecule has 1 atom stereocenters. The summed E-state index contributed by atoms with van der Waals surface area (Å²) >= 11 is 0. The Labute approximate surface area is 236 Å². The van der Waals surface area contributed by atoms with Crippen LogP contribution in [0.1, 0.15) is 37.5 Å². The number of hydrogen-bond acceptors (Lipinski definition) is 8. The zero-order valence-corrected chi connectivity index (χ0v) is 24.8. The molecule has 12 heteroatoms. The van der Waals surface area contributed by atoms with E-state index in [0.29, 0.717) is 12.0 Å². The van der Waals surface area contributed by atoms with Crippen LogP contribution in [-0.4, -0.2) is 41.4 Å². The van der Waals surface area contributed by atoms with Gasteiger partial charge in [0.1, 0.15) is 15.9 Å². The number of benzene rings is 2. The summed E-state index contributed by atoms with van der Waals surface area (Å²) in [5, 5.41) is 9.49. The van der Waals surface area contributed by atoms with E-state index in [1.165, 1.54) is 5.56 Å². The van der Waals surface area contributed by atoms with E-state index < -0.39 is 25.7 Å². The molecule has 0 aliphatic carbocycles. The summed E-state index contributed by atoms with van der Waals surface area (Å²) in [6, 6.07) is 15.0. The van der Waals surface area contributed by atoms with Crippen molar-refractivity contribution in [3.63, 3.8) is 0 Å². The normalized spacial score (nSPS) is 11.6. The van der Waals surface area contributed by atoms with Gasteiger partial charge in [-0.25, -0.2) is 8.42 Å². The maximum absolute atomic E-state index is 10.7. The molecule has 1 unspecified atom stereocenters. The Kier molecular flexibility index (Phi) is 19.3. The van der Waals surface area contributed by atoms with Crippen molar-refractivity contribution < 1.29 is 96.0 Å². The summed E-state index contributed by atoms with van der Waals surface area (Å²) in [4.78, 5) is 8.48. The Balaban J connectivity index is -0.000000208. The Morgan fingerprint density at radius 2 is 1.38 bits per heavy atom. The number of rotatable bonds is 5. The summed E-state index contributed by atoms with van der Waals surface area (Å²) in [6.07, 6.45) is 0.363. The predicted molar refractivity (Wildman–Crippen MR) is 112 cm³/mol. The molecule has 0 saturated heterocycles. The van der Waals surface area contributed by atoms with Crippen LogP contribution in [0.2, 0.25) is 0 Å². The van der Waals surface area contributed by atoms with Crippen LogP contribution in [0.4, 0.5) is 0 Å². The van der Waals surface area contributed by atoms with Crippen molar-refractivity contribution in [3.8, 4) is 0 Å². The Morgan fingerprint density at radius 3 is 1.72 bits per heavy atom. The van der Waals surface area contributed by atoms with E-state index in [2.05, 4.69) is 0 Å². The molecule has 0 heterocycles. The molecule has 0 aliphatic rings. The molecule has 0 fully saturated rings. The van der Waals surface area contributed by atoms with Crippen LogP contribution in [0.3, 0.4) is 0 Å². The van der Waals surface area contributed by atoms with Crippen LogP contribution in [0.25, 0.3) is 0 Å². The van der Waals surface area contributed by atoms with Crippen LogP contribution in [0.5, 0.6) is 0 Å². The van der Waals surface area contributed by atoms with Gasteiger partial charge in [0.25, 0.3) is 0 Å². The Hall–Kier alpha value is -0.400. The van der Waals surface area contributed by atoms with E-state index in [1.807, 2.05) is 44.2 Å². The Morgan fingerprint density at radius 1 is 1.00 bits per heavy atom. The minimum Gasteiger partial charge on any atom is -1.00 e. The molecule has 8 nitrogen and oxygen atoms in total. The van der Waals surface area contributed by atoms with Gasteiger partial charge < -0.3 is 11.1 Å². The summed E-state index contributed by atoms with van der Waals surface area (Å²) < 4.78 is 57.5. The number of Topliss-reactive ketones (excluding diaryl/α,β-unsaturated/α-hetero) is 1. The number of carbonyl (C=O) groups is 1. The second-order valence-electron chi connectivity index (χ2n) is 6.87. The second-order valence-corrected chi connectivity index (χ2v) is 9.06. The third-order valence-electron chi connectivity index (χ3n) is 3.69. The topological polar surface area (TPSA) is 146 Å². The van der Waals surface area contributed by atoms with Gasteiger partial charge >= 0.3 is 69.7 Å². The SMILES string of the molecule is CC(=O)Cc1cccc(C)c1.Cc1cccc(CC(C)(O)S(=O)(=O)[O-])c1.O=S(=O)=O.[H-].[Na+].[Na+]. The summed E-state index contributed by atoms with van der Waals surface area (Å²) in [7, 11) is -7.82. The van der Waals surface area contributed by atoms with Crippen molar-refractivity contribution in [3.05, 3.63) is 70.8 Å². The van der Waals surface area contributed by atoms with Crippen molar-refractivity contribution in [1.29, 1.82) is 0 Å². The summed E-state index contributed by atoms with van der Waals surface area (Å²) in [6.45, 7) is 6.51. The first kappa shape index (κ1) is 36.2. The standard InChI is InChI=1S/C10H14O4S.C10H12O.2Na.O3S.H/c1-8-4-3-5-9(6-8)7-10(2,11)15(12,13)14;1-8-4-3-5-10(6-8)7-9(2)11;;;1-4(2)3;/h3-6,11H,7H2,1-2H3,(H,12,13,14);3-6H,7H2,1-2H3;;;;/q;;2*+1;;-1/p-1. The van der Waals surface area contributed by atoms with Crippen LogP contribution in [-0.2, 0) is 38.4 Å². The largest absolute Gasteiger partial charge is 1.00 e. The fourth-order valence-corrected chi connectivity index (χ4v) is 2.74. The van der Waals surface area contributed by atoms with Gasteiger partial charge in [0, 0.05) is 12.8 Å². The van der Waals surface area contributed by atoms with Gasteiger partial charge in [0.2, 0.25) is 0 Å². The monoisotopic (exact) mass is 504 g/mol. The Bertz CT molecular complexity index is 1070. The number of aryl methyl sites for hydroxylation is 2. The van der Waals surface area contributed by atoms with Crippen molar-refractivity contribution in [2.24, 2.45) is 0 Å². The van der Waals surface area contributed by atoms with Crippen LogP contribution in [0, 0.1) is 13.8 Å². The first-order chi connectivity index (χ1) is 13.6. The smallest absolute Gasteiger partial charge is 1.00 e. The van der Waals surface area contributed by atoms with Crippen molar-refractivity contribution in [1.82, 2.24) is 0 Å². The van der Waals surface area contributed by atoms with Crippen LogP contribution in [0.15, 0.2) is 48.5 Å². The zero-order chi connectivity index (χ0) is 23.5. The van der Waals surface area contributed by atoms with Gasteiger partial charge in [-0.05, 0) is 38.8 Å². The van der Waals surface area contributed by atoms with E-state index in [9.17, 15) is 22.9 Å². The van der Waals surface area contributed by atoms with Gasteiger partial charge in [-0.1, -0.05) is 59.7 Å². The second kappa shape index (κ2) is 17.1. The number of carbonyl (C=O) groups excluding carboxylic acids is 1. The average Bonchev–Trinajstić information content (AvgIpc) is 2.52. The quantitative estimate of drug-likeness (QED) is 0.321. The molecule has 0 radical (unpaired) electrons. The number of ketones is 1. The molecular weight excluding hydrogens is 478 g/mol. The maximum Gasteiger partial charge on any atom is 1.00 e. The molecule has 2 aromatic carbocycles. The third kappa shape index (κ3) is 17.1. The van der Waals surface area contributed by atoms with E-state index >= 15 is 0 Å². The van der Waals surface area contributed by atoms with E-state index in [1.54, 1.807) is 25.1 Å². The number of hydrogen-bond donors (Lipinski definition) is 1.